The van der Waals surface area contributed by atoms with Crippen LogP contribution in [0.25, 0.3) is 16.8 Å². The van der Waals surface area contributed by atoms with E-state index in [-0.39, 0.29) is 5.82 Å². The number of aromatic nitrogens is 3. The lowest BCUT2D eigenvalue weighted by atomic mass is 10.2. The number of oxazole rings is 1. The Morgan fingerprint density at radius 3 is 2.83 bits per heavy atom. The van der Waals surface area contributed by atoms with Crippen molar-refractivity contribution in [3.05, 3.63) is 72.1 Å². The number of fused-ring (bicyclic) bond motifs is 1. The van der Waals surface area contributed by atoms with Crippen LogP contribution in [0, 0.1) is 12.7 Å². The van der Waals surface area contributed by atoms with Crippen molar-refractivity contribution in [2.24, 2.45) is 0 Å². The van der Waals surface area contributed by atoms with Gasteiger partial charge in [-0.15, -0.1) is 0 Å². The zero-order valence-electron chi connectivity index (χ0n) is 13.0. The number of para-hydroxylation sites is 2. The Bertz CT molecular complexity index is 972. The maximum Gasteiger partial charge on any atom is 0.295 e. The van der Waals surface area contributed by atoms with E-state index >= 15 is 0 Å². The minimum Gasteiger partial charge on any atom is -0.424 e. The normalized spacial score (nSPS) is 11.1. The van der Waals surface area contributed by atoms with E-state index in [9.17, 15) is 4.39 Å². The predicted molar refractivity (Wildman–Crippen MR) is 89.6 cm³/mol. The third-order valence-corrected chi connectivity index (χ3v) is 3.83. The first kappa shape index (κ1) is 14.4. The number of hydrogen-bond donors (Lipinski definition) is 1. The van der Waals surface area contributed by atoms with Crippen LogP contribution in [0.5, 0.6) is 0 Å². The summed E-state index contributed by atoms with van der Waals surface area (Å²) in [6.07, 6.45) is 3.39. The molecule has 0 spiro atoms. The second-order valence-corrected chi connectivity index (χ2v) is 5.47. The third-order valence-electron chi connectivity index (χ3n) is 3.83. The van der Waals surface area contributed by atoms with Crippen LogP contribution in [-0.2, 0) is 6.54 Å². The maximum atomic E-state index is 14.4. The predicted octanol–water partition coefficient (Wildman–Crippen LogP) is 4.07. The van der Waals surface area contributed by atoms with Crippen LogP contribution in [-0.4, -0.2) is 14.5 Å². The molecule has 0 fully saturated rings. The monoisotopic (exact) mass is 322 g/mol. The number of aryl methyl sites for hydroxylation is 1. The second kappa shape index (κ2) is 5.81. The average Bonchev–Trinajstić information content (AvgIpc) is 3.19. The molecular formula is C18H15FN4O. The number of anilines is 1. The van der Waals surface area contributed by atoms with Crippen molar-refractivity contribution in [3.8, 4) is 5.69 Å². The molecule has 24 heavy (non-hydrogen) atoms. The number of halogens is 1. The first-order chi connectivity index (χ1) is 11.7. The van der Waals surface area contributed by atoms with Gasteiger partial charge >= 0.3 is 0 Å². The molecule has 1 N–H and O–H groups in total. The van der Waals surface area contributed by atoms with Crippen LogP contribution < -0.4 is 5.32 Å². The molecule has 2 aromatic carbocycles. The number of imidazole rings is 1. The van der Waals surface area contributed by atoms with Crippen molar-refractivity contribution in [2.75, 3.05) is 5.32 Å². The smallest absolute Gasteiger partial charge is 0.295 e. The fourth-order valence-corrected chi connectivity index (χ4v) is 2.61. The first-order valence-corrected chi connectivity index (χ1v) is 7.59. The van der Waals surface area contributed by atoms with Crippen LogP contribution in [0.3, 0.4) is 0 Å². The van der Waals surface area contributed by atoms with Gasteiger partial charge in [0.15, 0.2) is 5.58 Å². The van der Waals surface area contributed by atoms with Gasteiger partial charge in [-0.2, -0.15) is 4.98 Å². The molecule has 0 saturated heterocycles. The first-order valence-electron chi connectivity index (χ1n) is 7.59. The van der Waals surface area contributed by atoms with E-state index in [0.29, 0.717) is 18.2 Å². The lowest BCUT2D eigenvalue weighted by molar-refractivity contribution is 0.608. The van der Waals surface area contributed by atoms with Gasteiger partial charge in [0, 0.05) is 18.9 Å². The molecule has 120 valence electrons. The molecule has 0 aliphatic rings. The molecule has 0 radical (unpaired) electrons. The minimum absolute atomic E-state index is 0.298. The van der Waals surface area contributed by atoms with E-state index < -0.39 is 0 Å². The highest BCUT2D eigenvalue weighted by atomic mass is 19.1. The molecule has 0 saturated carbocycles. The molecule has 0 unspecified atom stereocenters. The molecule has 6 heteroatoms. The van der Waals surface area contributed by atoms with Gasteiger partial charge in [-0.05, 0) is 36.8 Å². The Kier molecular flexibility index (Phi) is 3.49. The number of rotatable bonds is 4. The quantitative estimate of drug-likeness (QED) is 0.615. The number of nitrogens with one attached hydrogen (secondary N) is 1. The summed E-state index contributed by atoms with van der Waals surface area (Å²) in [5.74, 6) is 0.444. The lowest BCUT2D eigenvalue weighted by Crippen LogP contribution is -2.03. The summed E-state index contributed by atoms with van der Waals surface area (Å²) in [6, 6.07) is 13.1. The van der Waals surface area contributed by atoms with E-state index in [1.165, 1.54) is 6.07 Å². The zero-order valence-corrected chi connectivity index (χ0v) is 13.0. The summed E-state index contributed by atoms with van der Waals surface area (Å²) < 4.78 is 21.7. The maximum absolute atomic E-state index is 14.4. The van der Waals surface area contributed by atoms with E-state index in [2.05, 4.69) is 15.3 Å². The van der Waals surface area contributed by atoms with Crippen LogP contribution in [0.15, 0.2) is 59.3 Å². The lowest BCUT2D eigenvalue weighted by Gasteiger charge is -2.09. The molecule has 0 amide bonds. The van der Waals surface area contributed by atoms with Crippen LogP contribution >= 0.6 is 0 Å². The molecule has 2 heterocycles. The Hall–Kier alpha value is -3.15. The number of nitrogens with zero attached hydrogens (tertiary/aromatic N) is 3. The molecule has 2 aromatic heterocycles. The van der Waals surface area contributed by atoms with E-state index in [1.807, 2.05) is 37.3 Å². The Morgan fingerprint density at radius 1 is 1.21 bits per heavy atom. The summed E-state index contributed by atoms with van der Waals surface area (Å²) in [4.78, 5) is 8.45. The van der Waals surface area contributed by atoms with Crippen molar-refractivity contribution in [3.63, 3.8) is 0 Å². The summed E-state index contributed by atoms with van der Waals surface area (Å²) in [7, 11) is 0. The van der Waals surface area contributed by atoms with Gasteiger partial charge in [0.05, 0.1) is 5.69 Å². The molecule has 5 nitrogen and oxygen atoms in total. The van der Waals surface area contributed by atoms with Gasteiger partial charge in [-0.1, -0.05) is 18.2 Å². The van der Waals surface area contributed by atoms with Gasteiger partial charge in [-0.25, -0.2) is 9.37 Å². The highest BCUT2D eigenvalue weighted by Crippen LogP contribution is 2.20. The topological polar surface area (TPSA) is 55.9 Å². The third kappa shape index (κ3) is 2.62. The molecule has 0 bridgehead atoms. The van der Waals surface area contributed by atoms with Crippen LogP contribution in [0.2, 0.25) is 0 Å². The summed E-state index contributed by atoms with van der Waals surface area (Å²) in [5.41, 5.74) is 2.79. The Morgan fingerprint density at radius 2 is 2.08 bits per heavy atom. The van der Waals surface area contributed by atoms with Crippen molar-refractivity contribution < 1.29 is 8.81 Å². The fraction of sp³-hybridized carbons (Fsp3) is 0.111. The van der Waals surface area contributed by atoms with Crippen molar-refractivity contribution in [1.82, 2.24) is 14.5 Å². The minimum atomic E-state index is -0.298. The highest BCUT2D eigenvalue weighted by Gasteiger charge is 2.09. The summed E-state index contributed by atoms with van der Waals surface area (Å²) in [6.45, 7) is 2.26. The SMILES string of the molecule is Cc1nccn1-c1ccc(CNc2nc3ccccc3o2)cc1F. The molecule has 4 rings (SSSR count). The molecule has 4 aromatic rings. The van der Waals surface area contributed by atoms with E-state index in [0.717, 1.165) is 22.5 Å². The number of benzene rings is 2. The summed E-state index contributed by atoms with van der Waals surface area (Å²) >= 11 is 0. The van der Waals surface area contributed by atoms with Crippen molar-refractivity contribution in [1.29, 1.82) is 0 Å². The van der Waals surface area contributed by atoms with Crippen molar-refractivity contribution >= 4 is 17.1 Å². The van der Waals surface area contributed by atoms with Crippen molar-refractivity contribution in [2.45, 2.75) is 13.5 Å². The van der Waals surface area contributed by atoms with Gasteiger partial charge in [0.1, 0.15) is 17.2 Å². The summed E-state index contributed by atoms with van der Waals surface area (Å²) in [5, 5.41) is 3.08. The average molecular weight is 322 g/mol. The Balaban J connectivity index is 1.53. The van der Waals surface area contributed by atoms with Gasteiger partial charge in [-0.3, -0.25) is 0 Å². The molecule has 0 aliphatic heterocycles. The largest absolute Gasteiger partial charge is 0.424 e. The van der Waals surface area contributed by atoms with Crippen LogP contribution in [0.1, 0.15) is 11.4 Å². The fourth-order valence-electron chi connectivity index (χ4n) is 2.61. The van der Waals surface area contributed by atoms with Gasteiger partial charge < -0.3 is 14.3 Å². The standard InChI is InChI=1S/C18H15FN4O/c1-12-20-8-9-23(12)16-7-6-13(10-14(16)19)11-21-18-22-15-4-2-3-5-17(15)24-18/h2-10H,11H2,1H3,(H,21,22). The number of hydrogen-bond acceptors (Lipinski definition) is 4. The van der Waals surface area contributed by atoms with Gasteiger partial charge in [0.2, 0.25) is 0 Å². The zero-order chi connectivity index (χ0) is 16.5. The molecule has 0 aliphatic carbocycles. The van der Waals surface area contributed by atoms with Crippen LogP contribution in [0.4, 0.5) is 10.4 Å². The molecule has 0 atom stereocenters. The molecular weight excluding hydrogens is 307 g/mol. The second-order valence-electron chi connectivity index (χ2n) is 5.47. The highest BCUT2D eigenvalue weighted by molar-refractivity contribution is 5.74. The van der Waals surface area contributed by atoms with E-state index in [1.54, 1.807) is 23.0 Å². The van der Waals surface area contributed by atoms with E-state index in [4.69, 9.17) is 4.42 Å². The Labute approximate surface area is 137 Å². The van der Waals surface area contributed by atoms with Gasteiger partial charge in [0.25, 0.3) is 6.01 Å².